The number of H-pyrrole nitrogens is 1. The summed E-state index contributed by atoms with van der Waals surface area (Å²) in [6.07, 6.45) is 1.95. The van der Waals surface area contributed by atoms with Gasteiger partial charge in [-0.2, -0.15) is 0 Å². The monoisotopic (exact) mass is 236 g/mol. The van der Waals surface area contributed by atoms with E-state index in [9.17, 15) is 4.79 Å². The van der Waals surface area contributed by atoms with Crippen LogP contribution in [0.5, 0.6) is 0 Å². The Morgan fingerprint density at radius 2 is 2.19 bits per heavy atom. The van der Waals surface area contributed by atoms with Crippen molar-refractivity contribution in [3.63, 3.8) is 0 Å². The summed E-state index contributed by atoms with van der Waals surface area (Å²) in [6.45, 7) is 1.99. The van der Waals surface area contributed by atoms with Crippen molar-refractivity contribution in [2.24, 2.45) is 0 Å². The molecule has 0 saturated heterocycles. The van der Waals surface area contributed by atoms with Gasteiger partial charge in [-0.15, -0.1) is 0 Å². The van der Waals surface area contributed by atoms with Crippen LogP contribution in [0.2, 0.25) is 0 Å². The van der Waals surface area contributed by atoms with Gasteiger partial charge in [-0.05, 0) is 30.7 Å². The van der Waals surface area contributed by atoms with E-state index in [-0.39, 0.29) is 5.69 Å². The molecule has 0 spiro atoms. The summed E-state index contributed by atoms with van der Waals surface area (Å²) in [5.41, 5.74) is 3.15. The van der Waals surface area contributed by atoms with Crippen LogP contribution in [0.15, 0.2) is 18.2 Å². The van der Waals surface area contributed by atoms with Crippen LogP contribution >= 0.6 is 11.9 Å². The maximum Gasteiger partial charge on any atom is 0.352 e. The molecule has 0 bridgehead atoms. The molecule has 0 amide bonds. The minimum atomic E-state index is -0.937. The van der Waals surface area contributed by atoms with Gasteiger partial charge in [-0.25, -0.2) is 4.79 Å². The summed E-state index contributed by atoms with van der Waals surface area (Å²) in [4.78, 5) is 13.7. The molecular weight excluding hydrogens is 224 g/mol. The Morgan fingerprint density at radius 1 is 1.44 bits per heavy atom. The van der Waals surface area contributed by atoms with Crippen molar-refractivity contribution in [3.05, 3.63) is 29.5 Å². The maximum absolute atomic E-state index is 10.8. The van der Waals surface area contributed by atoms with Gasteiger partial charge in [-0.3, -0.25) is 0 Å². The van der Waals surface area contributed by atoms with Gasteiger partial charge >= 0.3 is 5.97 Å². The molecule has 4 nitrogen and oxygen atoms in total. The van der Waals surface area contributed by atoms with E-state index in [0.29, 0.717) is 0 Å². The highest BCUT2D eigenvalue weighted by molar-refractivity contribution is 7.99. The van der Waals surface area contributed by atoms with Gasteiger partial charge in [0.15, 0.2) is 0 Å². The molecule has 0 unspecified atom stereocenters. The van der Waals surface area contributed by atoms with Crippen molar-refractivity contribution < 1.29 is 9.90 Å². The van der Waals surface area contributed by atoms with Gasteiger partial charge < -0.3 is 14.8 Å². The number of anilines is 1. The second-order valence-electron chi connectivity index (χ2n) is 3.55. The smallest absolute Gasteiger partial charge is 0.352 e. The zero-order valence-electron chi connectivity index (χ0n) is 9.00. The minimum absolute atomic E-state index is 0.218. The number of rotatable bonds is 3. The molecule has 0 aliphatic rings. The first-order chi connectivity index (χ1) is 7.61. The van der Waals surface area contributed by atoms with Crippen molar-refractivity contribution in [2.75, 3.05) is 11.0 Å². The summed E-state index contributed by atoms with van der Waals surface area (Å²) >= 11 is 1.51. The standard InChI is InChI=1S/C11H12N2O2S/c1-6-3-7-4-10(11(14)15)12-9(7)5-8(6)13-16-2/h3-5,12-13H,1-2H3,(H,14,15). The summed E-state index contributed by atoms with van der Waals surface area (Å²) in [5.74, 6) is -0.937. The molecule has 2 aromatic rings. The Balaban J connectivity index is 2.56. The first kappa shape index (κ1) is 10.9. The fourth-order valence-corrected chi connectivity index (χ4v) is 2.07. The quantitative estimate of drug-likeness (QED) is 0.717. The predicted octanol–water partition coefficient (Wildman–Crippen LogP) is 2.86. The SMILES string of the molecule is CSNc1cc2[nH]c(C(=O)O)cc2cc1C. The summed E-state index contributed by atoms with van der Waals surface area (Å²) in [6, 6.07) is 5.54. The van der Waals surface area contributed by atoms with Crippen molar-refractivity contribution >= 4 is 34.5 Å². The van der Waals surface area contributed by atoms with Gasteiger partial charge in [0.25, 0.3) is 0 Å². The fourth-order valence-electron chi connectivity index (χ4n) is 1.63. The second kappa shape index (κ2) is 4.09. The number of nitrogens with one attached hydrogen (secondary N) is 2. The molecule has 84 valence electrons. The molecule has 1 aromatic carbocycles. The normalized spacial score (nSPS) is 10.6. The van der Waals surface area contributed by atoms with E-state index in [2.05, 4.69) is 9.71 Å². The molecule has 1 heterocycles. The number of hydrogen-bond donors (Lipinski definition) is 3. The van der Waals surface area contributed by atoms with Crippen LogP contribution in [0.4, 0.5) is 5.69 Å². The van der Waals surface area contributed by atoms with Crippen LogP contribution in [0.3, 0.4) is 0 Å². The fraction of sp³-hybridized carbons (Fsp3) is 0.182. The van der Waals surface area contributed by atoms with E-state index < -0.39 is 5.97 Å². The van der Waals surface area contributed by atoms with Crippen molar-refractivity contribution in [2.45, 2.75) is 6.92 Å². The largest absolute Gasteiger partial charge is 0.477 e. The van der Waals surface area contributed by atoms with E-state index in [1.165, 1.54) is 11.9 Å². The minimum Gasteiger partial charge on any atom is -0.477 e. The number of aromatic carboxylic acids is 1. The number of carboxylic acids is 1. The molecule has 0 saturated carbocycles. The lowest BCUT2D eigenvalue weighted by molar-refractivity contribution is 0.0691. The van der Waals surface area contributed by atoms with Gasteiger partial charge in [0.1, 0.15) is 5.69 Å². The lowest BCUT2D eigenvalue weighted by atomic mass is 10.1. The molecule has 5 heteroatoms. The lowest BCUT2D eigenvalue weighted by Gasteiger charge is -2.06. The summed E-state index contributed by atoms with van der Waals surface area (Å²) < 4.78 is 3.16. The Kier molecular flexibility index (Phi) is 2.78. The molecule has 1 aromatic heterocycles. The topological polar surface area (TPSA) is 65.1 Å². The molecule has 16 heavy (non-hydrogen) atoms. The van der Waals surface area contributed by atoms with Crippen LogP contribution in [0.1, 0.15) is 16.1 Å². The lowest BCUT2D eigenvalue weighted by Crippen LogP contribution is -1.94. The summed E-state index contributed by atoms with van der Waals surface area (Å²) in [5, 5.41) is 9.79. The van der Waals surface area contributed by atoms with Crippen LogP contribution in [-0.2, 0) is 0 Å². The number of aromatic nitrogens is 1. The highest BCUT2D eigenvalue weighted by Gasteiger charge is 2.09. The molecular formula is C11H12N2O2S. The highest BCUT2D eigenvalue weighted by atomic mass is 32.2. The van der Waals surface area contributed by atoms with E-state index in [0.717, 1.165) is 22.2 Å². The zero-order valence-corrected chi connectivity index (χ0v) is 9.81. The molecule has 2 rings (SSSR count). The van der Waals surface area contributed by atoms with Crippen LogP contribution < -0.4 is 4.72 Å². The average Bonchev–Trinajstić information content (AvgIpc) is 2.61. The third-order valence-electron chi connectivity index (χ3n) is 2.41. The molecule has 0 aliphatic heterocycles. The second-order valence-corrected chi connectivity index (χ2v) is 4.16. The van der Waals surface area contributed by atoms with Crippen molar-refractivity contribution in [1.29, 1.82) is 0 Å². The van der Waals surface area contributed by atoms with Crippen molar-refractivity contribution in [1.82, 2.24) is 4.98 Å². The first-order valence-corrected chi connectivity index (χ1v) is 6.00. The average molecular weight is 236 g/mol. The third-order valence-corrected chi connectivity index (χ3v) is 2.83. The molecule has 3 N–H and O–H groups in total. The van der Waals surface area contributed by atoms with E-state index >= 15 is 0 Å². The number of hydrogen-bond acceptors (Lipinski definition) is 3. The third kappa shape index (κ3) is 1.86. The Labute approximate surface area is 97.2 Å². The molecule has 0 radical (unpaired) electrons. The predicted molar refractivity (Wildman–Crippen MR) is 67.1 cm³/mol. The number of carboxylic acid groups (broad SMARTS) is 1. The number of benzene rings is 1. The molecule has 0 fully saturated rings. The highest BCUT2D eigenvalue weighted by Crippen LogP contribution is 2.25. The first-order valence-electron chi connectivity index (χ1n) is 4.77. The van der Waals surface area contributed by atoms with E-state index in [1.54, 1.807) is 6.07 Å². The summed E-state index contributed by atoms with van der Waals surface area (Å²) in [7, 11) is 0. The van der Waals surface area contributed by atoms with Crippen LogP contribution in [0, 0.1) is 6.92 Å². The van der Waals surface area contributed by atoms with E-state index in [4.69, 9.17) is 5.11 Å². The van der Waals surface area contributed by atoms with Gasteiger partial charge in [0.05, 0.1) is 0 Å². The number of carbonyl (C=O) groups is 1. The van der Waals surface area contributed by atoms with E-state index in [1.807, 2.05) is 25.3 Å². The van der Waals surface area contributed by atoms with Gasteiger partial charge in [0.2, 0.25) is 0 Å². The van der Waals surface area contributed by atoms with Gasteiger partial charge in [0, 0.05) is 22.8 Å². The van der Waals surface area contributed by atoms with Crippen LogP contribution in [0.25, 0.3) is 10.9 Å². The number of fused-ring (bicyclic) bond motifs is 1. The number of aromatic amines is 1. The molecule has 0 atom stereocenters. The Bertz CT molecular complexity index is 548. The van der Waals surface area contributed by atoms with Crippen LogP contribution in [-0.4, -0.2) is 22.3 Å². The Morgan fingerprint density at radius 3 is 2.81 bits per heavy atom. The van der Waals surface area contributed by atoms with Gasteiger partial charge in [-0.1, -0.05) is 11.9 Å². The molecule has 0 aliphatic carbocycles. The van der Waals surface area contributed by atoms with Crippen molar-refractivity contribution in [3.8, 4) is 0 Å². The zero-order chi connectivity index (χ0) is 11.7. The maximum atomic E-state index is 10.8. The Hall–Kier alpha value is -1.62. The number of aryl methyl sites for hydroxylation is 1.